The van der Waals surface area contributed by atoms with Gasteiger partial charge in [-0.15, -0.1) is 0 Å². The first-order valence-corrected chi connectivity index (χ1v) is 6.43. The second kappa shape index (κ2) is 6.06. The summed E-state index contributed by atoms with van der Waals surface area (Å²) >= 11 is 0. The fraction of sp³-hybridized carbons (Fsp3) is 0.533. The van der Waals surface area contributed by atoms with Gasteiger partial charge in [-0.05, 0) is 44.4 Å². The molecule has 0 saturated heterocycles. The van der Waals surface area contributed by atoms with E-state index in [2.05, 4.69) is 13.0 Å². The fourth-order valence-corrected chi connectivity index (χ4v) is 2.24. The Labute approximate surface area is 115 Å². The van der Waals surface area contributed by atoms with Gasteiger partial charge in [-0.2, -0.15) is 0 Å². The molecule has 1 unspecified atom stereocenters. The molecule has 1 rings (SSSR count). The quantitative estimate of drug-likeness (QED) is 0.904. The van der Waals surface area contributed by atoms with Crippen molar-refractivity contribution in [1.29, 1.82) is 0 Å². The minimum atomic E-state index is -0.483. The molecule has 2 N–H and O–H groups in total. The molecule has 0 aliphatic heterocycles. The minimum absolute atomic E-state index is 0.0697. The van der Waals surface area contributed by atoms with Gasteiger partial charge in [0, 0.05) is 19.2 Å². The molecular formula is C15H24N2O2. The van der Waals surface area contributed by atoms with Crippen molar-refractivity contribution in [3.05, 3.63) is 28.3 Å². The van der Waals surface area contributed by atoms with Crippen LogP contribution >= 0.6 is 0 Å². The Morgan fingerprint density at radius 2 is 1.95 bits per heavy atom. The number of ether oxygens (including phenoxy) is 1. The van der Waals surface area contributed by atoms with Crippen molar-refractivity contribution in [1.82, 2.24) is 4.90 Å². The molecule has 1 atom stereocenters. The summed E-state index contributed by atoms with van der Waals surface area (Å²) in [7, 11) is 3.43. The van der Waals surface area contributed by atoms with Crippen molar-refractivity contribution in [3.63, 3.8) is 0 Å². The van der Waals surface area contributed by atoms with Crippen molar-refractivity contribution >= 4 is 5.91 Å². The average Bonchev–Trinajstić information content (AvgIpc) is 2.35. The van der Waals surface area contributed by atoms with Crippen LogP contribution < -0.4 is 10.5 Å². The van der Waals surface area contributed by atoms with Gasteiger partial charge >= 0.3 is 0 Å². The molecule has 0 aromatic heterocycles. The van der Waals surface area contributed by atoms with E-state index in [1.165, 1.54) is 5.56 Å². The zero-order valence-electron chi connectivity index (χ0n) is 12.7. The third-order valence-corrected chi connectivity index (χ3v) is 3.48. The first kappa shape index (κ1) is 15.5. The lowest BCUT2D eigenvalue weighted by Crippen LogP contribution is -2.39. The molecule has 1 aromatic carbocycles. The number of carbonyl (C=O) groups is 1. The Bertz CT molecular complexity index is 482. The van der Waals surface area contributed by atoms with Gasteiger partial charge in [0.25, 0.3) is 0 Å². The van der Waals surface area contributed by atoms with Crippen LogP contribution in [0.3, 0.4) is 0 Å². The molecule has 1 aromatic rings. The molecule has 4 heteroatoms. The zero-order valence-corrected chi connectivity index (χ0v) is 12.7. The second-order valence-corrected chi connectivity index (χ2v) is 5.13. The summed E-state index contributed by atoms with van der Waals surface area (Å²) in [4.78, 5) is 13.5. The molecule has 0 heterocycles. The number of aryl methyl sites for hydroxylation is 2. The highest BCUT2D eigenvalue weighted by Crippen LogP contribution is 2.30. The smallest absolute Gasteiger partial charge is 0.239 e. The first-order valence-electron chi connectivity index (χ1n) is 6.43. The lowest BCUT2D eigenvalue weighted by Gasteiger charge is -2.23. The van der Waals surface area contributed by atoms with Gasteiger partial charge in [0.2, 0.25) is 5.91 Å². The van der Waals surface area contributed by atoms with Crippen LogP contribution in [0.25, 0.3) is 0 Å². The van der Waals surface area contributed by atoms with Crippen molar-refractivity contribution in [2.75, 3.05) is 14.2 Å². The average molecular weight is 264 g/mol. The van der Waals surface area contributed by atoms with E-state index in [1.807, 2.05) is 13.8 Å². The molecule has 0 aliphatic carbocycles. The number of nitrogens with two attached hydrogens (primary N) is 1. The summed E-state index contributed by atoms with van der Waals surface area (Å²) < 4.78 is 5.51. The van der Waals surface area contributed by atoms with Crippen LogP contribution in [0.2, 0.25) is 0 Å². The van der Waals surface area contributed by atoms with E-state index in [-0.39, 0.29) is 5.91 Å². The highest BCUT2D eigenvalue weighted by Gasteiger charge is 2.18. The number of rotatable bonds is 4. The van der Waals surface area contributed by atoms with E-state index in [1.54, 1.807) is 26.0 Å². The molecule has 0 fully saturated rings. The van der Waals surface area contributed by atoms with Gasteiger partial charge in [0.05, 0.1) is 13.2 Å². The molecule has 0 spiro atoms. The SMILES string of the molecule is COc1c(C)c(C)cc(C)c1CN(C)C(=O)C(C)N. The van der Waals surface area contributed by atoms with Gasteiger partial charge in [-0.3, -0.25) is 4.79 Å². The third-order valence-electron chi connectivity index (χ3n) is 3.48. The molecule has 19 heavy (non-hydrogen) atoms. The standard InChI is InChI=1S/C15H24N2O2/c1-9-7-10(2)13(14(19-6)11(9)3)8-17(5)15(18)12(4)16/h7,12H,8,16H2,1-6H3. The van der Waals surface area contributed by atoms with Crippen molar-refractivity contribution in [3.8, 4) is 5.75 Å². The minimum Gasteiger partial charge on any atom is -0.496 e. The zero-order chi connectivity index (χ0) is 14.7. The largest absolute Gasteiger partial charge is 0.496 e. The summed E-state index contributed by atoms with van der Waals surface area (Å²) in [5, 5.41) is 0. The topological polar surface area (TPSA) is 55.6 Å². The fourth-order valence-electron chi connectivity index (χ4n) is 2.24. The molecule has 4 nitrogen and oxygen atoms in total. The Kier molecular flexibility index (Phi) is 4.95. The van der Waals surface area contributed by atoms with E-state index in [0.717, 1.165) is 22.4 Å². The Morgan fingerprint density at radius 1 is 1.37 bits per heavy atom. The number of carbonyl (C=O) groups excluding carboxylic acids is 1. The monoisotopic (exact) mass is 264 g/mol. The van der Waals surface area contributed by atoms with Crippen LogP contribution in [0, 0.1) is 20.8 Å². The molecule has 106 valence electrons. The number of benzene rings is 1. The highest BCUT2D eigenvalue weighted by atomic mass is 16.5. The number of likely N-dealkylation sites (N-methyl/N-ethyl adjacent to an activating group) is 1. The highest BCUT2D eigenvalue weighted by molar-refractivity contribution is 5.81. The second-order valence-electron chi connectivity index (χ2n) is 5.13. The summed E-state index contributed by atoms with van der Waals surface area (Å²) in [5.74, 6) is 0.793. The van der Waals surface area contributed by atoms with Crippen LogP contribution in [0.15, 0.2) is 6.07 Å². The number of methoxy groups -OCH3 is 1. The maximum absolute atomic E-state index is 11.9. The molecule has 1 amide bonds. The molecular weight excluding hydrogens is 240 g/mol. The van der Waals surface area contributed by atoms with E-state index in [0.29, 0.717) is 6.54 Å². The van der Waals surface area contributed by atoms with Crippen molar-refractivity contribution in [2.45, 2.75) is 40.3 Å². The Balaban J connectivity index is 3.14. The van der Waals surface area contributed by atoms with Gasteiger partial charge in [-0.25, -0.2) is 0 Å². The molecule has 0 saturated carbocycles. The van der Waals surface area contributed by atoms with Gasteiger partial charge in [0.15, 0.2) is 0 Å². The van der Waals surface area contributed by atoms with Gasteiger partial charge in [-0.1, -0.05) is 6.07 Å². The van der Waals surface area contributed by atoms with Crippen LogP contribution in [0.5, 0.6) is 5.75 Å². The predicted molar refractivity (Wildman–Crippen MR) is 77.3 cm³/mol. The van der Waals surface area contributed by atoms with Crippen molar-refractivity contribution in [2.24, 2.45) is 5.73 Å². The Hall–Kier alpha value is -1.55. The Morgan fingerprint density at radius 3 is 2.42 bits per heavy atom. The third kappa shape index (κ3) is 3.26. The van der Waals surface area contributed by atoms with E-state index < -0.39 is 6.04 Å². The van der Waals surface area contributed by atoms with Gasteiger partial charge < -0.3 is 15.4 Å². The summed E-state index contributed by atoms with van der Waals surface area (Å²) in [5.41, 5.74) is 10.1. The number of hydrogen-bond acceptors (Lipinski definition) is 3. The number of hydrogen-bond donors (Lipinski definition) is 1. The summed E-state index contributed by atoms with van der Waals surface area (Å²) in [6.07, 6.45) is 0. The predicted octanol–water partition coefficient (Wildman–Crippen LogP) is 1.93. The number of amides is 1. The summed E-state index contributed by atoms with van der Waals surface area (Å²) in [6, 6.07) is 1.64. The molecule has 0 bridgehead atoms. The maximum atomic E-state index is 11.9. The van der Waals surface area contributed by atoms with Crippen LogP contribution in [0.1, 0.15) is 29.2 Å². The van der Waals surface area contributed by atoms with Gasteiger partial charge in [0.1, 0.15) is 5.75 Å². The van der Waals surface area contributed by atoms with E-state index in [4.69, 9.17) is 10.5 Å². The maximum Gasteiger partial charge on any atom is 0.239 e. The van der Waals surface area contributed by atoms with E-state index >= 15 is 0 Å². The number of nitrogens with zero attached hydrogens (tertiary/aromatic N) is 1. The summed E-state index contributed by atoms with van der Waals surface area (Å²) in [6.45, 7) is 8.34. The van der Waals surface area contributed by atoms with Crippen molar-refractivity contribution < 1.29 is 9.53 Å². The molecule has 0 aliphatic rings. The van der Waals surface area contributed by atoms with E-state index in [9.17, 15) is 4.79 Å². The lowest BCUT2D eigenvalue weighted by molar-refractivity contribution is -0.131. The normalized spacial score (nSPS) is 12.2. The van der Waals surface area contributed by atoms with Crippen LogP contribution in [-0.2, 0) is 11.3 Å². The van der Waals surface area contributed by atoms with Crippen LogP contribution in [0.4, 0.5) is 0 Å². The molecule has 0 radical (unpaired) electrons. The lowest BCUT2D eigenvalue weighted by atomic mass is 9.98. The van der Waals surface area contributed by atoms with Crippen LogP contribution in [-0.4, -0.2) is 31.0 Å². The first-order chi connectivity index (χ1) is 8.79.